The predicted octanol–water partition coefficient (Wildman–Crippen LogP) is 2.64. The smallest absolute Gasteiger partial charge is 0.339 e. The number of hydrogen-bond donors (Lipinski definition) is 1. The molecule has 1 saturated heterocycles. The van der Waals surface area contributed by atoms with Crippen LogP contribution in [0.4, 0.5) is 5.82 Å². The number of rotatable bonds is 2. The number of nitrogens with zero attached hydrogens (tertiary/aromatic N) is 2. The summed E-state index contributed by atoms with van der Waals surface area (Å²) in [6.45, 7) is 1.70. The van der Waals surface area contributed by atoms with Gasteiger partial charge in [0.1, 0.15) is 16.5 Å². The van der Waals surface area contributed by atoms with Gasteiger partial charge in [-0.2, -0.15) is 0 Å². The molecule has 1 aliphatic rings. The molecule has 1 aromatic heterocycles. The van der Waals surface area contributed by atoms with E-state index >= 15 is 0 Å². The van der Waals surface area contributed by atoms with E-state index in [9.17, 15) is 4.79 Å². The third-order valence-electron chi connectivity index (χ3n) is 2.55. The van der Waals surface area contributed by atoms with Crippen LogP contribution in [0.1, 0.15) is 23.2 Å². The van der Waals surface area contributed by atoms with Gasteiger partial charge in [0.25, 0.3) is 0 Å². The van der Waals surface area contributed by atoms with E-state index in [1.54, 1.807) is 6.07 Å². The summed E-state index contributed by atoms with van der Waals surface area (Å²) in [4.78, 5) is 17.3. The van der Waals surface area contributed by atoms with Crippen molar-refractivity contribution in [3.05, 3.63) is 20.4 Å². The van der Waals surface area contributed by atoms with Crippen LogP contribution in [0.25, 0.3) is 0 Å². The van der Waals surface area contributed by atoms with Gasteiger partial charge < -0.3 is 10.0 Å². The molecule has 0 spiro atoms. The zero-order chi connectivity index (χ0) is 11.7. The van der Waals surface area contributed by atoms with Gasteiger partial charge in [-0.25, -0.2) is 9.78 Å². The highest BCUT2D eigenvalue weighted by Gasteiger charge is 2.22. The second kappa shape index (κ2) is 4.75. The summed E-state index contributed by atoms with van der Waals surface area (Å²) in [5.74, 6) is -0.459. The van der Waals surface area contributed by atoms with E-state index < -0.39 is 5.97 Å². The summed E-state index contributed by atoms with van der Waals surface area (Å²) in [5, 5.41) is 9.50. The Morgan fingerprint density at radius 2 is 2.12 bits per heavy atom. The monoisotopic (exact) mass is 352 g/mol. The Balaban J connectivity index is 2.48. The first-order valence-corrected chi connectivity index (χ1v) is 6.39. The molecule has 2 heterocycles. The minimum Gasteiger partial charge on any atom is -0.478 e. The molecule has 0 aromatic carbocycles. The average Bonchev–Trinajstić information content (AvgIpc) is 2.74. The minimum absolute atomic E-state index is 0.232. The second-order valence-corrected chi connectivity index (χ2v) is 5.15. The molecule has 0 bridgehead atoms. The van der Waals surface area contributed by atoms with Crippen LogP contribution >= 0.6 is 34.2 Å². The van der Waals surface area contributed by atoms with Crippen LogP contribution in [0.3, 0.4) is 0 Å². The Morgan fingerprint density at radius 1 is 1.50 bits per heavy atom. The third-order valence-corrected chi connectivity index (χ3v) is 3.98. The minimum atomic E-state index is -0.955. The number of carbonyl (C=O) groups is 1. The molecule has 86 valence electrons. The molecule has 0 atom stereocenters. The fraction of sp³-hybridized carbons (Fsp3) is 0.400. The molecule has 2 rings (SSSR count). The summed E-state index contributed by atoms with van der Waals surface area (Å²) < 4.78 is 0.666. The van der Waals surface area contributed by atoms with Crippen LogP contribution in [-0.2, 0) is 0 Å². The standard InChI is InChI=1S/C10H10ClIN2O2/c11-8-7(12)5-6(10(15)16)9(13-8)14-3-1-2-4-14/h5H,1-4H2,(H,15,16). The SMILES string of the molecule is O=C(O)c1cc(I)c(Cl)nc1N1CCCC1. The van der Waals surface area contributed by atoms with Crippen LogP contribution in [0.15, 0.2) is 6.07 Å². The maximum Gasteiger partial charge on any atom is 0.339 e. The van der Waals surface area contributed by atoms with Crippen molar-refractivity contribution in [3.63, 3.8) is 0 Å². The van der Waals surface area contributed by atoms with Gasteiger partial charge in [0.05, 0.1) is 3.57 Å². The van der Waals surface area contributed by atoms with Crippen molar-refractivity contribution in [2.75, 3.05) is 18.0 Å². The van der Waals surface area contributed by atoms with Crippen molar-refractivity contribution in [3.8, 4) is 0 Å². The molecular weight excluding hydrogens is 342 g/mol. The largest absolute Gasteiger partial charge is 0.478 e. The van der Waals surface area contributed by atoms with Crippen molar-refractivity contribution in [1.82, 2.24) is 4.98 Å². The molecule has 0 aliphatic carbocycles. The number of aromatic nitrogens is 1. The fourth-order valence-electron chi connectivity index (χ4n) is 1.78. The maximum absolute atomic E-state index is 11.1. The van der Waals surface area contributed by atoms with Crippen molar-refractivity contribution in [2.45, 2.75) is 12.8 Å². The third kappa shape index (κ3) is 2.24. The van der Waals surface area contributed by atoms with Gasteiger partial charge in [0.2, 0.25) is 0 Å². The number of aromatic carboxylic acids is 1. The topological polar surface area (TPSA) is 53.4 Å². The van der Waals surface area contributed by atoms with E-state index in [4.69, 9.17) is 16.7 Å². The summed E-state index contributed by atoms with van der Waals surface area (Å²) in [6, 6.07) is 1.58. The number of anilines is 1. The van der Waals surface area contributed by atoms with Gasteiger partial charge in [0, 0.05) is 13.1 Å². The van der Waals surface area contributed by atoms with Crippen LogP contribution in [0, 0.1) is 3.57 Å². The first-order chi connectivity index (χ1) is 7.59. The van der Waals surface area contributed by atoms with Crippen LogP contribution in [0.2, 0.25) is 5.15 Å². The molecule has 1 aliphatic heterocycles. The predicted molar refractivity (Wildman–Crippen MR) is 70.4 cm³/mol. The summed E-state index contributed by atoms with van der Waals surface area (Å²) in [6.07, 6.45) is 2.15. The van der Waals surface area contributed by atoms with Gasteiger partial charge in [0.15, 0.2) is 0 Å². The number of hydrogen-bond acceptors (Lipinski definition) is 3. The van der Waals surface area contributed by atoms with Crippen LogP contribution < -0.4 is 4.90 Å². The molecule has 0 unspecified atom stereocenters. The van der Waals surface area contributed by atoms with E-state index in [1.807, 2.05) is 27.5 Å². The lowest BCUT2D eigenvalue weighted by Gasteiger charge is -2.18. The van der Waals surface area contributed by atoms with Gasteiger partial charge in [-0.05, 0) is 41.5 Å². The molecule has 16 heavy (non-hydrogen) atoms. The number of pyridine rings is 1. The Hall–Kier alpha value is -0.560. The molecule has 1 fully saturated rings. The van der Waals surface area contributed by atoms with Crippen molar-refractivity contribution in [2.24, 2.45) is 0 Å². The van der Waals surface area contributed by atoms with E-state index in [1.165, 1.54) is 0 Å². The highest BCUT2D eigenvalue weighted by molar-refractivity contribution is 14.1. The van der Waals surface area contributed by atoms with Crippen LogP contribution in [-0.4, -0.2) is 29.1 Å². The summed E-state index contributed by atoms with van der Waals surface area (Å²) >= 11 is 7.92. The Bertz CT molecular complexity index is 433. The Labute approximate surface area is 112 Å². The van der Waals surface area contributed by atoms with Crippen molar-refractivity contribution < 1.29 is 9.90 Å². The Kier molecular flexibility index (Phi) is 3.53. The first kappa shape index (κ1) is 11.9. The molecule has 6 heteroatoms. The molecule has 0 radical (unpaired) electrons. The highest BCUT2D eigenvalue weighted by Crippen LogP contribution is 2.27. The fourth-order valence-corrected chi connectivity index (χ4v) is 2.35. The quantitative estimate of drug-likeness (QED) is 0.657. The zero-order valence-electron chi connectivity index (χ0n) is 8.41. The maximum atomic E-state index is 11.1. The molecular formula is C10H10ClIN2O2. The number of carboxylic acid groups (broad SMARTS) is 1. The molecule has 0 amide bonds. The second-order valence-electron chi connectivity index (χ2n) is 3.63. The first-order valence-electron chi connectivity index (χ1n) is 4.94. The van der Waals surface area contributed by atoms with E-state index in [0.717, 1.165) is 25.9 Å². The number of carboxylic acids is 1. The van der Waals surface area contributed by atoms with E-state index in [0.29, 0.717) is 14.5 Å². The molecule has 1 N–H and O–H groups in total. The lowest BCUT2D eigenvalue weighted by Crippen LogP contribution is -2.22. The lowest BCUT2D eigenvalue weighted by atomic mass is 10.2. The van der Waals surface area contributed by atoms with Gasteiger partial charge in [-0.15, -0.1) is 0 Å². The average molecular weight is 353 g/mol. The Morgan fingerprint density at radius 3 is 2.69 bits per heavy atom. The highest BCUT2D eigenvalue weighted by atomic mass is 127. The zero-order valence-corrected chi connectivity index (χ0v) is 11.3. The lowest BCUT2D eigenvalue weighted by molar-refractivity contribution is 0.0697. The van der Waals surface area contributed by atoms with Gasteiger partial charge in [-0.1, -0.05) is 11.6 Å². The van der Waals surface area contributed by atoms with Crippen LogP contribution in [0.5, 0.6) is 0 Å². The normalized spacial score (nSPS) is 15.5. The molecule has 0 saturated carbocycles. The van der Waals surface area contributed by atoms with Crippen molar-refractivity contribution >= 4 is 46.0 Å². The summed E-state index contributed by atoms with van der Waals surface area (Å²) in [7, 11) is 0. The molecule has 4 nitrogen and oxygen atoms in total. The summed E-state index contributed by atoms with van der Waals surface area (Å²) in [5.41, 5.74) is 0.232. The number of halogens is 2. The van der Waals surface area contributed by atoms with Gasteiger partial charge >= 0.3 is 5.97 Å². The van der Waals surface area contributed by atoms with E-state index in [-0.39, 0.29) is 5.56 Å². The van der Waals surface area contributed by atoms with Gasteiger partial charge in [-0.3, -0.25) is 0 Å². The van der Waals surface area contributed by atoms with E-state index in [2.05, 4.69) is 4.98 Å². The molecule has 1 aromatic rings. The van der Waals surface area contributed by atoms with Crippen molar-refractivity contribution in [1.29, 1.82) is 0 Å².